The Morgan fingerprint density at radius 3 is 2.21 bits per heavy atom. The van der Waals surface area contributed by atoms with E-state index >= 15 is 0 Å². The van der Waals surface area contributed by atoms with Gasteiger partial charge >= 0.3 is 0 Å². The van der Waals surface area contributed by atoms with Gasteiger partial charge < -0.3 is 10.4 Å². The molecule has 1 atom stereocenters. The Balaban J connectivity index is 4.12. The fourth-order valence-electron chi connectivity index (χ4n) is 1.44. The molecule has 2 N–H and O–H groups in total. The molecule has 0 bridgehead atoms. The van der Waals surface area contributed by atoms with Gasteiger partial charge in [0.15, 0.2) is 0 Å². The van der Waals surface area contributed by atoms with E-state index in [0.29, 0.717) is 0 Å². The molecule has 0 aliphatic heterocycles. The Morgan fingerprint density at radius 1 is 1.36 bits per heavy atom. The Hall–Kier alpha value is -0.520. The minimum Gasteiger partial charge on any atom is -0.396 e. The van der Waals surface area contributed by atoms with Gasteiger partial charge in [-0.15, -0.1) is 6.42 Å². The first-order valence-electron chi connectivity index (χ1n) is 5.48. The number of hydrogen-bond acceptors (Lipinski definition) is 2. The Bertz CT molecular complexity index is 171. The van der Waals surface area contributed by atoms with Crippen molar-refractivity contribution in [1.82, 2.24) is 5.32 Å². The second-order valence-corrected chi connectivity index (χ2v) is 3.87. The van der Waals surface area contributed by atoms with E-state index in [1.807, 2.05) is 0 Å². The third-order valence-electron chi connectivity index (χ3n) is 3.17. The van der Waals surface area contributed by atoms with Crippen molar-refractivity contribution >= 4 is 0 Å². The smallest absolute Gasteiger partial charge is 0.0684 e. The van der Waals surface area contributed by atoms with Crippen molar-refractivity contribution < 1.29 is 5.11 Å². The lowest BCUT2D eigenvalue weighted by atomic mass is 9.83. The molecule has 1 unspecified atom stereocenters. The molecule has 0 saturated heterocycles. The zero-order chi connectivity index (χ0) is 11.0. The predicted octanol–water partition coefficient (Wildman–Crippen LogP) is 1.79. The van der Waals surface area contributed by atoms with Gasteiger partial charge in [-0.1, -0.05) is 26.7 Å². The number of hydrogen-bond donors (Lipinski definition) is 2. The standard InChI is InChI=1S/C12H23NO/c1-5-11(6-2)13-9-12(7-3,8-4)10-14/h1,11,13-14H,6-10H2,2-4H3. The van der Waals surface area contributed by atoms with Crippen LogP contribution in [0.1, 0.15) is 40.0 Å². The number of terminal acetylenes is 1. The zero-order valence-corrected chi connectivity index (χ0v) is 9.64. The summed E-state index contributed by atoms with van der Waals surface area (Å²) in [7, 11) is 0. The van der Waals surface area contributed by atoms with Crippen molar-refractivity contribution in [3.63, 3.8) is 0 Å². The van der Waals surface area contributed by atoms with Crippen molar-refractivity contribution in [2.75, 3.05) is 13.2 Å². The van der Waals surface area contributed by atoms with Gasteiger partial charge in [-0.25, -0.2) is 0 Å². The van der Waals surface area contributed by atoms with Crippen LogP contribution in [0.5, 0.6) is 0 Å². The van der Waals surface area contributed by atoms with E-state index in [-0.39, 0.29) is 18.1 Å². The van der Waals surface area contributed by atoms with Gasteiger partial charge in [-0.3, -0.25) is 0 Å². The molecule has 0 spiro atoms. The summed E-state index contributed by atoms with van der Waals surface area (Å²) in [6, 6.07) is 0.138. The van der Waals surface area contributed by atoms with Gasteiger partial charge in [0.1, 0.15) is 0 Å². The van der Waals surface area contributed by atoms with Crippen molar-refractivity contribution in [3.8, 4) is 12.3 Å². The molecule has 2 nitrogen and oxygen atoms in total. The van der Waals surface area contributed by atoms with Crippen molar-refractivity contribution in [2.45, 2.75) is 46.1 Å². The minimum atomic E-state index is 0.00424. The number of nitrogens with one attached hydrogen (secondary N) is 1. The monoisotopic (exact) mass is 197 g/mol. The second kappa shape index (κ2) is 6.86. The number of aliphatic hydroxyl groups is 1. The maximum absolute atomic E-state index is 9.34. The molecule has 0 rings (SSSR count). The topological polar surface area (TPSA) is 32.3 Å². The maximum atomic E-state index is 9.34. The predicted molar refractivity (Wildman–Crippen MR) is 61.0 cm³/mol. The van der Waals surface area contributed by atoms with Crippen LogP contribution >= 0.6 is 0 Å². The van der Waals surface area contributed by atoms with Crippen LogP contribution in [0.2, 0.25) is 0 Å². The quantitative estimate of drug-likeness (QED) is 0.610. The first-order chi connectivity index (χ1) is 6.67. The molecule has 0 fully saturated rings. The Labute approximate surface area is 88.1 Å². The van der Waals surface area contributed by atoms with Crippen LogP contribution in [-0.4, -0.2) is 24.3 Å². The van der Waals surface area contributed by atoms with E-state index in [9.17, 15) is 5.11 Å². The van der Waals surface area contributed by atoms with Gasteiger partial charge in [0.2, 0.25) is 0 Å². The van der Waals surface area contributed by atoms with E-state index in [2.05, 4.69) is 32.0 Å². The van der Waals surface area contributed by atoms with Crippen molar-refractivity contribution in [1.29, 1.82) is 0 Å². The van der Waals surface area contributed by atoms with Crippen LogP contribution in [-0.2, 0) is 0 Å². The molecule has 0 heterocycles. The normalized spacial score (nSPS) is 13.6. The molecule has 0 saturated carbocycles. The van der Waals surface area contributed by atoms with E-state index in [4.69, 9.17) is 6.42 Å². The van der Waals surface area contributed by atoms with E-state index < -0.39 is 0 Å². The fraction of sp³-hybridized carbons (Fsp3) is 0.833. The molecular formula is C12H23NO. The minimum absolute atomic E-state index is 0.00424. The third-order valence-corrected chi connectivity index (χ3v) is 3.17. The molecule has 0 radical (unpaired) electrons. The number of rotatable bonds is 7. The summed E-state index contributed by atoms with van der Waals surface area (Å²) in [5.74, 6) is 2.70. The highest BCUT2D eigenvalue weighted by Crippen LogP contribution is 2.24. The molecular weight excluding hydrogens is 174 g/mol. The van der Waals surface area contributed by atoms with Crippen molar-refractivity contribution in [2.24, 2.45) is 5.41 Å². The highest BCUT2D eigenvalue weighted by molar-refractivity contribution is 4.98. The van der Waals surface area contributed by atoms with Crippen molar-refractivity contribution in [3.05, 3.63) is 0 Å². The molecule has 82 valence electrons. The Kier molecular flexibility index (Phi) is 6.61. The molecule has 14 heavy (non-hydrogen) atoms. The lowest BCUT2D eigenvalue weighted by Gasteiger charge is -2.30. The van der Waals surface area contributed by atoms with E-state index in [0.717, 1.165) is 25.8 Å². The van der Waals surface area contributed by atoms with Crippen LogP contribution < -0.4 is 5.32 Å². The zero-order valence-electron chi connectivity index (χ0n) is 9.64. The average Bonchev–Trinajstić information content (AvgIpc) is 2.26. The van der Waals surface area contributed by atoms with Crippen LogP contribution in [0, 0.1) is 17.8 Å². The maximum Gasteiger partial charge on any atom is 0.0684 e. The van der Waals surface area contributed by atoms with E-state index in [1.165, 1.54) is 0 Å². The second-order valence-electron chi connectivity index (χ2n) is 3.87. The SMILES string of the molecule is C#CC(CC)NCC(CC)(CC)CO. The molecule has 0 aromatic heterocycles. The Morgan fingerprint density at radius 2 is 1.93 bits per heavy atom. The lowest BCUT2D eigenvalue weighted by molar-refractivity contribution is 0.111. The first-order valence-corrected chi connectivity index (χ1v) is 5.48. The summed E-state index contributed by atoms with van der Waals surface area (Å²) in [5.41, 5.74) is 0.00424. The summed E-state index contributed by atoms with van der Waals surface area (Å²) in [5, 5.41) is 12.7. The van der Waals surface area contributed by atoms with Gasteiger partial charge in [0, 0.05) is 18.6 Å². The fourth-order valence-corrected chi connectivity index (χ4v) is 1.44. The average molecular weight is 197 g/mol. The summed E-state index contributed by atoms with van der Waals surface area (Å²) < 4.78 is 0. The van der Waals surface area contributed by atoms with Crippen LogP contribution in [0.3, 0.4) is 0 Å². The summed E-state index contributed by atoms with van der Waals surface area (Å²) >= 11 is 0. The number of aliphatic hydroxyl groups excluding tert-OH is 1. The molecule has 0 amide bonds. The molecule has 0 aliphatic carbocycles. The van der Waals surface area contributed by atoms with Crippen LogP contribution in [0.15, 0.2) is 0 Å². The largest absolute Gasteiger partial charge is 0.396 e. The summed E-state index contributed by atoms with van der Waals surface area (Å²) in [6.07, 6.45) is 8.26. The van der Waals surface area contributed by atoms with Crippen LogP contribution in [0.25, 0.3) is 0 Å². The molecule has 2 heteroatoms. The van der Waals surface area contributed by atoms with Gasteiger partial charge in [-0.2, -0.15) is 0 Å². The first kappa shape index (κ1) is 13.5. The van der Waals surface area contributed by atoms with E-state index in [1.54, 1.807) is 0 Å². The summed E-state index contributed by atoms with van der Waals surface area (Å²) in [6.45, 7) is 7.32. The summed E-state index contributed by atoms with van der Waals surface area (Å²) in [4.78, 5) is 0. The molecule has 0 aromatic carbocycles. The van der Waals surface area contributed by atoms with Gasteiger partial charge in [0.05, 0.1) is 6.04 Å². The van der Waals surface area contributed by atoms with Gasteiger partial charge in [-0.05, 0) is 19.3 Å². The lowest BCUT2D eigenvalue weighted by Crippen LogP contribution is -2.40. The highest BCUT2D eigenvalue weighted by atomic mass is 16.3. The third kappa shape index (κ3) is 3.69. The highest BCUT2D eigenvalue weighted by Gasteiger charge is 2.25. The molecule has 0 aromatic rings. The molecule has 0 aliphatic rings. The van der Waals surface area contributed by atoms with Gasteiger partial charge in [0.25, 0.3) is 0 Å². The van der Waals surface area contributed by atoms with Crippen LogP contribution in [0.4, 0.5) is 0 Å².